The molecule has 1 saturated carbocycles. The number of hydrogen-bond donors (Lipinski definition) is 2. The molecule has 0 heterocycles. The van der Waals surface area contributed by atoms with Crippen LogP contribution in [0.15, 0.2) is 0 Å². The Morgan fingerprint density at radius 2 is 1.88 bits per heavy atom. The lowest BCUT2D eigenvalue weighted by Crippen LogP contribution is -2.61. The van der Waals surface area contributed by atoms with Gasteiger partial charge in [0.2, 0.25) is 5.91 Å². The first-order valence-corrected chi connectivity index (χ1v) is 4.77. The number of halogens is 3. The Bertz CT molecular complexity index is 310. The molecule has 0 bridgehead atoms. The first-order valence-electron chi connectivity index (χ1n) is 4.77. The second-order valence-electron chi connectivity index (χ2n) is 3.98. The highest BCUT2D eigenvalue weighted by Gasteiger charge is 2.64. The minimum absolute atomic E-state index is 0.256. The summed E-state index contributed by atoms with van der Waals surface area (Å²) in [6.45, 7) is 0.999. The lowest BCUT2D eigenvalue weighted by Gasteiger charge is -2.46. The van der Waals surface area contributed by atoms with Gasteiger partial charge in [0.25, 0.3) is 0 Å². The van der Waals surface area contributed by atoms with E-state index >= 15 is 0 Å². The lowest BCUT2D eigenvalue weighted by atomic mass is 9.63. The molecule has 1 fully saturated rings. The third-order valence-electron chi connectivity index (χ3n) is 2.96. The number of rotatable bonds is 3. The normalized spacial score (nSPS) is 20.8. The smallest absolute Gasteiger partial charge is 0.397 e. The molecule has 0 aromatic rings. The third-order valence-corrected chi connectivity index (χ3v) is 2.96. The van der Waals surface area contributed by atoms with Crippen molar-refractivity contribution in [1.29, 1.82) is 0 Å². The average molecular weight is 239 g/mol. The number of carbonyl (C=O) groups is 2. The summed E-state index contributed by atoms with van der Waals surface area (Å²) in [5, 5.41) is 10.6. The van der Waals surface area contributed by atoms with Gasteiger partial charge in [-0.25, -0.2) is 4.79 Å². The molecular formula is C9H12F3NO3. The Hall–Kier alpha value is -1.27. The summed E-state index contributed by atoms with van der Waals surface area (Å²) in [6.07, 6.45) is -4.80. The van der Waals surface area contributed by atoms with Gasteiger partial charge < -0.3 is 10.4 Å². The fourth-order valence-electron chi connectivity index (χ4n) is 1.93. The number of carboxylic acid groups (broad SMARTS) is 1. The van der Waals surface area contributed by atoms with Gasteiger partial charge in [0.15, 0.2) is 0 Å². The topological polar surface area (TPSA) is 66.4 Å². The van der Waals surface area contributed by atoms with E-state index in [1.165, 1.54) is 0 Å². The van der Waals surface area contributed by atoms with Crippen molar-refractivity contribution < 1.29 is 27.9 Å². The first-order chi connectivity index (χ1) is 7.21. The van der Waals surface area contributed by atoms with E-state index in [9.17, 15) is 22.8 Å². The van der Waals surface area contributed by atoms with Crippen LogP contribution in [0.2, 0.25) is 0 Å². The Morgan fingerprint density at radius 1 is 1.38 bits per heavy atom. The highest BCUT2D eigenvalue weighted by atomic mass is 19.4. The van der Waals surface area contributed by atoms with E-state index in [4.69, 9.17) is 5.11 Å². The molecule has 1 unspecified atom stereocenters. The fourth-order valence-corrected chi connectivity index (χ4v) is 1.93. The summed E-state index contributed by atoms with van der Waals surface area (Å²) in [5.41, 5.74) is -2.30. The number of nitrogens with one attached hydrogen (secondary N) is 1. The summed E-state index contributed by atoms with van der Waals surface area (Å²) >= 11 is 0. The molecule has 7 heteroatoms. The minimum atomic E-state index is -4.61. The van der Waals surface area contributed by atoms with Crippen LogP contribution in [0.25, 0.3) is 0 Å². The highest BCUT2D eigenvalue weighted by molar-refractivity contribution is 5.83. The van der Waals surface area contributed by atoms with Gasteiger partial charge in [-0.2, -0.15) is 13.2 Å². The molecule has 1 atom stereocenters. The number of alkyl halides is 3. The number of carbonyl (C=O) groups excluding carboxylic acids is 1. The number of aliphatic carboxylic acids is 1. The van der Waals surface area contributed by atoms with E-state index in [-0.39, 0.29) is 12.8 Å². The molecule has 0 saturated heterocycles. The Balaban J connectivity index is 2.99. The zero-order chi connectivity index (χ0) is 12.6. The molecule has 0 aliphatic heterocycles. The summed E-state index contributed by atoms with van der Waals surface area (Å²) in [6, 6.07) is -1.89. The van der Waals surface area contributed by atoms with E-state index in [2.05, 4.69) is 0 Å². The van der Waals surface area contributed by atoms with Crippen LogP contribution in [0.1, 0.15) is 26.2 Å². The maximum absolute atomic E-state index is 12.8. The van der Waals surface area contributed by atoms with Crippen LogP contribution < -0.4 is 5.32 Å². The number of hydrogen-bond acceptors (Lipinski definition) is 2. The lowest BCUT2D eigenvalue weighted by molar-refractivity contribution is -0.261. The van der Waals surface area contributed by atoms with Gasteiger partial charge in [-0.05, 0) is 12.8 Å². The molecule has 0 radical (unpaired) electrons. The van der Waals surface area contributed by atoms with Gasteiger partial charge in [-0.1, -0.05) is 6.42 Å². The van der Waals surface area contributed by atoms with E-state index in [0.717, 1.165) is 6.92 Å². The maximum Gasteiger partial charge on any atom is 0.397 e. The van der Waals surface area contributed by atoms with Crippen LogP contribution in [0.3, 0.4) is 0 Å². The van der Waals surface area contributed by atoms with Gasteiger partial charge in [0, 0.05) is 6.92 Å². The summed E-state index contributed by atoms with van der Waals surface area (Å²) in [4.78, 5) is 21.5. The molecule has 92 valence electrons. The monoisotopic (exact) mass is 239 g/mol. The van der Waals surface area contributed by atoms with Crippen LogP contribution in [-0.4, -0.2) is 29.2 Å². The number of carboxylic acids is 1. The standard InChI is InChI=1S/C9H12F3NO3/c1-5(14)13-6(7(15)16)8(3-2-4-8)9(10,11)12/h6H,2-4H2,1H3,(H,13,14)(H,15,16). The zero-order valence-electron chi connectivity index (χ0n) is 8.60. The molecule has 1 rings (SSSR count). The zero-order valence-corrected chi connectivity index (χ0v) is 8.60. The summed E-state index contributed by atoms with van der Waals surface area (Å²) in [7, 11) is 0. The second-order valence-corrected chi connectivity index (χ2v) is 3.98. The van der Waals surface area contributed by atoms with Gasteiger partial charge in [0.05, 0.1) is 5.41 Å². The Morgan fingerprint density at radius 3 is 2.06 bits per heavy atom. The Kier molecular flexibility index (Phi) is 3.16. The second kappa shape index (κ2) is 3.95. The van der Waals surface area contributed by atoms with Crippen molar-refractivity contribution in [3.63, 3.8) is 0 Å². The number of amides is 1. The van der Waals surface area contributed by atoms with Gasteiger partial charge in [-0.3, -0.25) is 4.79 Å². The summed E-state index contributed by atoms with van der Waals surface area (Å²) < 4.78 is 38.4. The van der Waals surface area contributed by atoms with E-state index in [1.54, 1.807) is 0 Å². The van der Waals surface area contributed by atoms with Crippen molar-refractivity contribution in [1.82, 2.24) is 5.32 Å². The molecule has 1 amide bonds. The van der Waals surface area contributed by atoms with Crippen molar-refractivity contribution in [2.75, 3.05) is 0 Å². The van der Waals surface area contributed by atoms with Crippen molar-refractivity contribution in [2.24, 2.45) is 5.41 Å². The van der Waals surface area contributed by atoms with Crippen molar-refractivity contribution in [3.05, 3.63) is 0 Å². The van der Waals surface area contributed by atoms with Crippen LogP contribution in [0.4, 0.5) is 13.2 Å². The van der Waals surface area contributed by atoms with Crippen LogP contribution >= 0.6 is 0 Å². The van der Waals surface area contributed by atoms with Gasteiger partial charge >= 0.3 is 12.1 Å². The molecule has 4 nitrogen and oxygen atoms in total. The molecule has 0 aromatic carbocycles. The van der Waals surface area contributed by atoms with Crippen molar-refractivity contribution in [3.8, 4) is 0 Å². The molecule has 1 aliphatic carbocycles. The SMILES string of the molecule is CC(=O)NC(C(=O)O)C1(C(F)(F)F)CCC1. The molecule has 0 aromatic heterocycles. The van der Waals surface area contributed by atoms with Crippen LogP contribution in [0.5, 0.6) is 0 Å². The minimum Gasteiger partial charge on any atom is -0.480 e. The Labute approximate surface area is 89.8 Å². The predicted molar refractivity (Wildman–Crippen MR) is 47.6 cm³/mol. The highest BCUT2D eigenvalue weighted by Crippen LogP contribution is 2.55. The van der Waals surface area contributed by atoms with E-state index in [1.807, 2.05) is 5.32 Å². The third kappa shape index (κ3) is 1.98. The maximum atomic E-state index is 12.8. The van der Waals surface area contributed by atoms with Gasteiger partial charge in [-0.15, -0.1) is 0 Å². The van der Waals surface area contributed by atoms with E-state index < -0.39 is 29.5 Å². The molecule has 1 aliphatic rings. The van der Waals surface area contributed by atoms with Crippen molar-refractivity contribution >= 4 is 11.9 Å². The predicted octanol–water partition coefficient (Wildman–Crippen LogP) is 1.31. The van der Waals surface area contributed by atoms with Crippen molar-refractivity contribution in [2.45, 2.75) is 38.4 Å². The molecule has 0 spiro atoms. The average Bonchev–Trinajstić information content (AvgIpc) is 1.96. The first kappa shape index (κ1) is 12.8. The largest absolute Gasteiger partial charge is 0.480 e. The van der Waals surface area contributed by atoms with Gasteiger partial charge in [0.1, 0.15) is 6.04 Å². The van der Waals surface area contributed by atoms with Crippen LogP contribution in [0, 0.1) is 5.41 Å². The molecular weight excluding hydrogens is 227 g/mol. The quantitative estimate of drug-likeness (QED) is 0.780. The van der Waals surface area contributed by atoms with Crippen LogP contribution in [-0.2, 0) is 9.59 Å². The fraction of sp³-hybridized carbons (Fsp3) is 0.778. The molecule has 16 heavy (non-hydrogen) atoms. The summed E-state index contributed by atoms with van der Waals surface area (Å²) in [5.74, 6) is -2.42. The van der Waals surface area contributed by atoms with E-state index in [0.29, 0.717) is 6.42 Å². The molecule has 2 N–H and O–H groups in total.